The Kier molecular flexibility index (Phi) is 3.77. The van der Waals surface area contributed by atoms with Gasteiger partial charge >= 0.3 is 18.0 Å². The first-order valence-corrected chi connectivity index (χ1v) is 5.05. The van der Waals surface area contributed by atoms with Gasteiger partial charge in [-0.15, -0.1) is 0 Å². The van der Waals surface area contributed by atoms with E-state index >= 15 is 0 Å². The van der Waals surface area contributed by atoms with E-state index < -0.39 is 29.5 Å². The van der Waals surface area contributed by atoms with Crippen molar-refractivity contribution in [3.8, 4) is 0 Å². The molecule has 0 heterocycles. The second-order valence-electron chi connectivity index (χ2n) is 4.05. The average Bonchev–Trinajstić information content (AvgIpc) is 2.24. The topological polar surface area (TPSA) is 43.1 Å². The number of hydrogen-bond acceptors (Lipinski definition) is 1. The summed E-state index contributed by atoms with van der Waals surface area (Å²) in [5, 5.41) is 0. The molecule has 0 saturated carbocycles. The van der Waals surface area contributed by atoms with Gasteiger partial charge in [-0.3, -0.25) is 4.79 Å². The lowest BCUT2D eigenvalue weighted by molar-refractivity contribution is -0.348. The zero-order valence-electron chi connectivity index (χ0n) is 9.86. The number of aryl methyl sites for hydroxylation is 1. The third-order valence-electron chi connectivity index (χ3n) is 2.67. The SMILES string of the molecule is Cc1cc(C(F)(C(F)(F)F)C(F)(F)F)ccc1C(N)=O. The summed E-state index contributed by atoms with van der Waals surface area (Å²) in [4.78, 5) is 10.9. The first-order chi connectivity index (χ1) is 8.82. The van der Waals surface area contributed by atoms with Crippen molar-refractivity contribution in [2.45, 2.75) is 24.9 Å². The van der Waals surface area contributed by atoms with Gasteiger partial charge in [0.15, 0.2) is 0 Å². The summed E-state index contributed by atoms with van der Waals surface area (Å²) in [5.74, 6) is -1.04. The van der Waals surface area contributed by atoms with Crippen molar-refractivity contribution in [2.24, 2.45) is 5.73 Å². The van der Waals surface area contributed by atoms with Crippen LogP contribution >= 0.6 is 0 Å². The zero-order chi connectivity index (χ0) is 15.9. The second-order valence-corrected chi connectivity index (χ2v) is 4.05. The van der Waals surface area contributed by atoms with Crippen LogP contribution in [-0.2, 0) is 5.67 Å². The molecule has 9 heteroatoms. The van der Waals surface area contributed by atoms with E-state index in [1.807, 2.05) is 0 Å². The molecule has 0 aliphatic heterocycles. The number of nitrogens with two attached hydrogens (primary N) is 1. The normalized spacial score (nSPS) is 13.4. The van der Waals surface area contributed by atoms with E-state index in [1.54, 1.807) is 0 Å². The molecule has 0 spiro atoms. The van der Waals surface area contributed by atoms with Crippen LogP contribution in [0, 0.1) is 6.92 Å². The molecule has 2 nitrogen and oxygen atoms in total. The van der Waals surface area contributed by atoms with E-state index in [0.717, 1.165) is 6.92 Å². The molecule has 2 N–H and O–H groups in total. The van der Waals surface area contributed by atoms with Crippen molar-refractivity contribution in [2.75, 3.05) is 0 Å². The molecule has 0 atom stereocenters. The second kappa shape index (κ2) is 4.64. The fourth-order valence-electron chi connectivity index (χ4n) is 1.64. The standard InChI is InChI=1S/C11H8F7NO/c1-5-4-6(2-3-7(5)8(19)20)9(12,10(13,14)15)11(16,17)18/h2-4H,1H3,(H2,19,20). The zero-order valence-corrected chi connectivity index (χ0v) is 9.86. The van der Waals surface area contributed by atoms with Gasteiger partial charge in [-0.25, -0.2) is 4.39 Å². The number of benzene rings is 1. The van der Waals surface area contributed by atoms with E-state index in [1.165, 1.54) is 0 Å². The molecule has 1 rings (SSSR count). The largest absolute Gasteiger partial charge is 0.435 e. The van der Waals surface area contributed by atoms with Gasteiger partial charge in [-0.1, -0.05) is 12.1 Å². The van der Waals surface area contributed by atoms with Crippen molar-refractivity contribution in [1.82, 2.24) is 0 Å². The van der Waals surface area contributed by atoms with Crippen molar-refractivity contribution >= 4 is 5.91 Å². The monoisotopic (exact) mass is 303 g/mol. The minimum atomic E-state index is -6.19. The Morgan fingerprint density at radius 2 is 1.45 bits per heavy atom. The highest BCUT2D eigenvalue weighted by Gasteiger charge is 2.73. The smallest absolute Gasteiger partial charge is 0.366 e. The van der Waals surface area contributed by atoms with Crippen LogP contribution in [-0.4, -0.2) is 18.3 Å². The van der Waals surface area contributed by atoms with Gasteiger partial charge in [0, 0.05) is 11.1 Å². The molecular weight excluding hydrogens is 295 g/mol. The highest BCUT2D eigenvalue weighted by molar-refractivity contribution is 5.94. The lowest BCUT2D eigenvalue weighted by Crippen LogP contribution is -2.50. The fourth-order valence-corrected chi connectivity index (χ4v) is 1.64. The Balaban J connectivity index is 3.54. The van der Waals surface area contributed by atoms with Crippen LogP contribution in [0.5, 0.6) is 0 Å². The molecule has 0 saturated heterocycles. The number of rotatable bonds is 2. The third-order valence-corrected chi connectivity index (χ3v) is 2.67. The molecule has 20 heavy (non-hydrogen) atoms. The Bertz CT molecular complexity index is 519. The van der Waals surface area contributed by atoms with E-state index in [2.05, 4.69) is 0 Å². The molecule has 0 bridgehead atoms. The van der Waals surface area contributed by atoms with Gasteiger partial charge in [0.05, 0.1) is 0 Å². The maximum absolute atomic E-state index is 13.7. The molecule has 0 radical (unpaired) electrons. The maximum Gasteiger partial charge on any atom is 0.435 e. The fraction of sp³-hybridized carbons (Fsp3) is 0.364. The predicted octanol–water partition coefficient (Wildman–Crippen LogP) is 3.38. The van der Waals surface area contributed by atoms with Crippen LogP contribution < -0.4 is 5.73 Å². The molecule has 0 aliphatic carbocycles. The highest BCUT2D eigenvalue weighted by atomic mass is 19.4. The van der Waals surface area contributed by atoms with Gasteiger partial charge in [0.2, 0.25) is 5.91 Å². The molecule has 112 valence electrons. The van der Waals surface area contributed by atoms with Crippen LogP contribution in [0.3, 0.4) is 0 Å². The van der Waals surface area contributed by atoms with Crippen LogP contribution in [0.2, 0.25) is 0 Å². The van der Waals surface area contributed by atoms with Crippen LogP contribution in [0.1, 0.15) is 21.5 Å². The predicted molar refractivity (Wildman–Crippen MR) is 54.6 cm³/mol. The number of primary amides is 1. The van der Waals surface area contributed by atoms with Gasteiger partial charge < -0.3 is 5.73 Å². The summed E-state index contributed by atoms with van der Waals surface area (Å²) < 4.78 is 88.6. The number of carbonyl (C=O) groups excluding carboxylic acids is 1. The Morgan fingerprint density at radius 3 is 1.75 bits per heavy atom. The summed E-state index contributed by atoms with van der Waals surface area (Å²) >= 11 is 0. The summed E-state index contributed by atoms with van der Waals surface area (Å²) in [5.41, 5.74) is -2.88. The lowest BCUT2D eigenvalue weighted by atomic mass is 9.91. The van der Waals surface area contributed by atoms with E-state index in [0.29, 0.717) is 12.1 Å². The quantitative estimate of drug-likeness (QED) is 0.836. The molecule has 0 aliphatic rings. The van der Waals surface area contributed by atoms with Crippen molar-refractivity contribution in [3.63, 3.8) is 0 Å². The molecule has 0 fully saturated rings. The van der Waals surface area contributed by atoms with Crippen LogP contribution in [0.4, 0.5) is 30.7 Å². The van der Waals surface area contributed by atoms with E-state index in [-0.39, 0.29) is 17.2 Å². The van der Waals surface area contributed by atoms with Gasteiger partial charge in [-0.2, -0.15) is 26.3 Å². The molecule has 1 aromatic carbocycles. The van der Waals surface area contributed by atoms with E-state index in [4.69, 9.17) is 5.73 Å². The first kappa shape index (κ1) is 16.3. The summed E-state index contributed by atoms with van der Waals surface area (Å²) in [6.45, 7) is 1.05. The minimum absolute atomic E-state index is 0.244. The van der Waals surface area contributed by atoms with Gasteiger partial charge in [0.25, 0.3) is 0 Å². The summed E-state index contributed by atoms with van der Waals surface area (Å²) in [7, 11) is 0. The third kappa shape index (κ3) is 2.44. The Hall–Kier alpha value is -1.80. The minimum Gasteiger partial charge on any atom is -0.366 e. The summed E-state index contributed by atoms with van der Waals surface area (Å²) in [6.07, 6.45) is -12.4. The van der Waals surface area contributed by atoms with Crippen molar-refractivity contribution < 1.29 is 35.5 Å². The maximum atomic E-state index is 13.7. The number of carbonyl (C=O) groups is 1. The van der Waals surface area contributed by atoms with Gasteiger partial charge in [0.1, 0.15) is 0 Å². The molecule has 1 amide bonds. The number of hydrogen-bond donors (Lipinski definition) is 1. The molecule has 0 unspecified atom stereocenters. The Labute approximate surface area is 108 Å². The number of halogens is 7. The van der Waals surface area contributed by atoms with E-state index in [9.17, 15) is 35.5 Å². The highest BCUT2D eigenvalue weighted by Crippen LogP contribution is 2.53. The number of alkyl halides is 7. The van der Waals surface area contributed by atoms with Crippen molar-refractivity contribution in [1.29, 1.82) is 0 Å². The van der Waals surface area contributed by atoms with Crippen LogP contribution in [0.15, 0.2) is 18.2 Å². The molecule has 1 aromatic rings. The average molecular weight is 303 g/mol. The van der Waals surface area contributed by atoms with Gasteiger partial charge in [-0.05, 0) is 18.6 Å². The first-order valence-electron chi connectivity index (χ1n) is 5.05. The molecule has 0 aromatic heterocycles. The molecular formula is C11H8F7NO. The van der Waals surface area contributed by atoms with Crippen molar-refractivity contribution in [3.05, 3.63) is 34.9 Å². The Morgan fingerprint density at radius 1 is 1.00 bits per heavy atom. The number of amides is 1. The summed E-state index contributed by atoms with van der Waals surface area (Å²) in [6, 6.07) is 1.17. The van der Waals surface area contributed by atoms with Crippen LogP contribution in [0.25, 0.3) is 0 Å². The lowest BCUT2D eigenvalue weighted by Gasteiger charge is -2.30.